The molecule has 0 bridgehead atoms. The Morgan fingerprint density at radius 1 is 1.13 bits per heavy atom. The number of halogens is 4. The van der Waals surface area contributed by atoms with E-state index in [-0.39, 0.29) is 33.7 Å². The fraction of sp³-hybridized carbons (Fsp3) is 0.320. The molecule has 1 atom stereocenters. The van der Waals surface area contributed by atoms with Gasteiger partial charge in [0.25, 0.3) is 0 Å². The van der Waals surface area contributed by atoms with Gasteiger partial charge in [0.2, 0.25) is 0 Å². The molecular weight excluding hydrogens is 549 g/mol. The number of carbonyl (C=O) groups is 2. The highest BCUT2D eigenvalue weighted by atomic mass is 35.5. The molecular formula is C25H22Cl2F2N2O7. The first-order valence-electron chi connectivity index (χ1n) is 11.5. The van der Waals surface area contributed by atoms with Crippen LogP contribution in [0.5, 0.6) is 11.5 Å². The third-order valence-electron chi connectivity index (χ3n) is 5.59. The fourth-order valence-electron chi connectivity index (χ4n) is 3.51. The third kappa shape index (κ3) is 7.48. The lowest BCUT2D eigenvalue weighted by Crippen LogP contribution is -2.26. The monoisotopic (exact) mass is 570 g/mol. The number of nitrogens with zero attached hydrogens (tertiary/aromatic N) is 1. The Morgan fingerprint density at radius 3 is 2.50 bits per heavy atom. The average Bonchev–Trinajstić information content (AvgIpc) is 3.52. The van der Waals surface area contributed by atoms with Crippen molar-refractivity contribution in [3.8, 4) is 11.5 Å². The van der Waals surface area contributed by atoms with Crippen LogP contribution in [0.1, 0.15) is 40.6 Å². The summed E-state index contributed by atoms with van der Waals surface area (Å²) >= 11 is 12.4. The Balaban J connectivity index is 1.58. The van der Waals surface area contributed by atoms with Gasteiger partial charge in [-0.1, -0.05) is 29.3 Å². The van der Waals surface area contributed by atoms with Crippen molar-refractivity contribution in [3.05, 3.63) is 81.0 Å². The first-order chi connectivity index (χ1) is 18.2. The molecule has 4 rings (SSSR count). The standard InChI is InChI=1S/C25H22Cl2F2N2O7/c26-17-10-31(34)11-18(27)16(17)9-21(37-23(32)13-36-24(33)19-2-1-7-30-19)15-5-6-20(38-25(28)29)22(8-15)35-12-14-3-4-14/h1-2,5-8,10-11,14,21,25,30H,3-4,9,12-13H2/t21-/m0/s1. The molecule has 202 valence electrons. The highest BCUT2D eigenvalue weighted by Gasteiger charge is 2.26. The Bertz CT molecular complexity index is 1260. The summed E-state index contributed by atoms with van der Waals surface area (Å²) in [6.45, 7) is -3.47. The Morgan fingerprint density at radius 2 is 1.87 bits per heavy atom. The number of H-pyrrole nitrogens is 1. The molecule has 0 spiro atoms. The van der Waals surface area contributed by atoms with Crippen LogP contribution in [0.4, 0.5) is 8.78 Å². The van der Waals surface area contributed by atoms with E-state index in [9.17, 15) is 23.6 Å². The molecule has 1 fully saturated rings. The van der Waals surface area contributed by atoms with E-state index in [1.807, 2.05) is 0 Å². The molecule has 1 aliphatic carbocycles. The van der Waals surface area contributed by atoms with Gasteiger partial charge in [-0.2, -0.15) is 13.5 Å². The van der Waals surface area contributed by atoms with Crippen molar-refractivity contribution >= 4 is 35.1 Å². The molecule has 0 amide bonds. The number of aromatic amines is 1. The van der Waals surface area contributed by atoms with Crippen molar-refractivity contribution in [2.45, 2.75) is 32.0 Å². The normalized spacial score (nSPS) is 13.7. The number of pyridine rings is 1. The van der Waals surface area contributed by atoms with Crippen LogP contribution >= 0.6 is 23.2 Å². The lowest BCUT2D eigenvalue weighted by Gasteiger charge is -2.21. The van der Waals surface area contributed by atoms with Crippen LogP contribution in [0.3, 0.4) is 0 Å². The van der Waals surface area contributed by atoms with Crippen LogP contribution < -0.4 is 14.2 Å². The number of rotatable bonds is 12. The number of ether oxygens (including phenoxy) is 4. The average molecular weight is 571 g/mol. The van der Waals surface area contributed by atoms with Crippen molar-refractivity contribution in [2.24, 2.45) is 5.92 Å². The summed E-state index contributed by atoms with van der Waals surface area (Å²) in [6, 6.07) is 7.18. The van der Waals surface area contributed by atoms with E-state index in [2.05, 4.69) is 9.72 Å². The maximum Gasteiger partial charge on any atom is 0.387 e. The van der Waals surface area contributed by atoms with Gasteiger partial charge >= 0.3 is 18.6 Å². The predicted molar refractivity (Wildman–Crippen MR) is 130 cm³/mol. The summed E-state index contributed by atoms with van der Waals surface area (Å²) in [5.41, 5.74) is 0.789. The van der Waals surface area contributed by atoms with Gasteiger partial charge in [0.15, 0.2) is 30.5 Å². The van der Waals surface area contributed by atoms with Crippen molar-refractivity contribution in [1.82, 2.24) is 4.98 Å². The van der Waals surface area contributed by atoms with Crippen LogP contribution in [0.25, 0.3) is 0 Å². The molecule has 1 saturated carbocycles. The fourth-order valence-corrected chi connectivity index (χ4v) is 4.11. The summed E-state index contributed by atoms with van der Waals surface area (Å²) < 4.78 is 47.2. The first-order valence-corrected chi connectivity index (χ1v) is 12.2. The van der Waals surface area contributed by atoms with Crippen molar-refractivity contribution in [3.63, 3.8) is 0 Å². The Hall–Kier alpha value is -3.57. The molecule has 13 heteroatoms. The van der Waals surface area contributed by atoms with Crippen LogP contribution in [-0.4, -0.2) is 36.7 Å². The molecule has 0 saturated heterocycles. The quantitative estimate of drug-likeness (QED) is 0.184. The van der Waals surface area contributed by atoms with Gasteiger partial charge in [0.1, 0.15) is 21.8 Å². The van der Waals surface area contributed by atoms with Gasteiger partial charge in [-0.05, 0) is 48.6 Å². The molecule has 2 heterocycles. The number of hydrogen-bond donors (Lipinski definition) is 1. The molecule has 0 unspecified atom stereocenters. The lowest BCUT2D eigenvalue weighted by molar-refractivity contribution is -0.605. The molecule has 0 radical (unpaired) electrons. The summed E-state index contributed by atoms with van der Waals surface area (Å²) in [5.74, 6) is -1.48. The molecule has 1 aliphatic rings. The van der Waals surface area contributed by atoms with Gasteiger partial charge in [-0.25, -0.2) is 9.59 Å². The van der Waals surface area contributed by atoms with Crippen LogP contribution in [-0.2, 0) is 20.7 Å². The molecule has 9 nitrogen and oxygen atoms in total. The molecule has 1 N–H and O–H groups in total. The highest BCUT2D eigenvalue weighted by Crippen LogP contribution is 2.37. The van der Waals surface area contributed by atoms with Gasteiger partial charge in [-0.3, -0.25) is 0 Å². The number of alkyl halides is 2. The van der Waals surface area contributed by atoms with Crippen molar-refractivity contribution in [2.75, 3.05) is 13.2 Å². The van der Waals surface area contributed by atoms with E-state index in [1.54, 1.807) is 6.07 Å². The van der Waals surface area contributed by atoms with Crippen LogP contribution in [0, 0.1) is 11.1 Å². The molecule has 1 aromatic carbocycles. The SMILES string of the molecule is O=C(COC(=O)c1ccc[nH]1)O[C@@H](Cc1c(Cl)c[n+]([O-])cc1Cl)c1ccc(OC(F)F)c(OCC2CC2)c1. The molecule has 3 aromatic rings. The minimum atomic E-state index is -3.08. The smallest absolute Gasteiger partial charge is 0.387 e. The maximum atomic E-state index is 13.0. The minimum absolute atomic E-state index is 0.0228. The minimum Gasteiger partial charge on any atom is -0.619 e. The summed E-state index contributed by atoms with van der Waals surface area (Å²) in [5, 5.41) is 11.7. The number of hydrogen-bond acceptors (Lipinski definition) is 7. The van der Waals surface area contributed by atoms with E-state index in [0.717, 1.165) is 25.2 Å². The maximum absolute atomic E-state index is 13.0. The molecule has 38 heavy (non-hydrogen) atoms. The van der Waals surface area contributed by atoms with E-state index < -0.39 is 31.3 Å². The third-order valence-corrected chi connectivity index (χ3v) is 6.24. The zero-order chi connectivity index (χ0) is 27.2. The Kier molecular flexibility index (Phi) is 8.90. The van der Waals surface area contributed by atoms with E-state index in [0.29, 0.717) is 28.4 Å². The van der Waals surface area contributed by atoms with Gasteiger partial charge < -0.3 is 29.1 Å². The zero-order valence-electron chi connectivity index (χ0n) is 19.7. The Labute approximate surface area is 225 Å². The van der Waals surface area contributed by atoms with E-state index in [4.69, 9.17) is 37.4 Å². The van der Waals surface area contributed by atoms with Gasteiger partial charge in [-0.15, -0.1) is 0 Å². The van der Waals surface area contributed by atoms with Crippen molar-refractivity contribution in [1.29, 1.82) is 0 Å². The summed E-state index contributed by atoms with van der Waals surface area (Å²) in [6.07, 6.45) is 4.47. The van der Waals surface area contributed by atoms with Crippen LogP contribution in [0.15, 0.2) is 48.9 Å². The van der Waals surface area contributed by atoms with Crippen LogP contribution in [0.2, 0.25) is 10.0 Å². The summed E-state index contributed by atoms with van der Waals surface area (Å²) in [7, 11) is 0. The van der Waals surface area contributed by atoms with E-state index >= 15 is 0 Å². The summed E-state index contributed by atoms with van der Waals surface area (Å²) in [4.78, 5) is 27.4. The second kappa shape index (κ2) is 12.3. The highest BCUT2D eigenvalue weighted by molar-refractivity contribution is 6.35. The van der Waals surface area contributed by atoms with Crippen molar-refractivity contribution < 1.29 is 42.0 Å². The largest absolute Gasteiger partial charge is 0.619 e. The lowest BCUT2D eigenvalue weighted by atomic mass is 10.0. The second-order valence-electron chi connectivity index (χ2n) is 8.47. The predicted octanol–water partition coefficient (Wildman–Crippen LogP) is 5.03. The molecule has 0 aliphatic heterocycles. The molecule has 2 aromatic heterocycles. The first kappa shape index (κ1) is 27.5. The van der Waals surface area contributed by atoms with E-state index in [1.165, 1.54) is 30.5 Å². The number of benzene rings is 1. The number of carbonyl (C=O) groups excluding carboxylic acids is 2. The van der Waals surface area contributed by atoms with Gasteiger partial charge in [0, 0.05) is 18.2 Å². The number of nitrogens with one attached hydrogen (secondary N) is 1. The van der Waals surface area contributed by atoms with Gasteiger partial charge in [0.05, 0.1) is 6.61 Å². The second-order valence-corrected chi connectivity index (χ2v) is 9.29. The topological polar surface area (TPSA) is 114 Å². The number of esters is 2. The zero-order valence-corrected chi connectivity index (χ0v) is 21.2. The number of aromatic nitrogens is 2.